The largest absolute Gasteiger partial charge is 0.381 e. The van der Waals surface area contributed by atoms with E-state index < -0.39 is 21.3 Å². The Balaban J connectivity index is 4.24. The Kier molecular flexibility index (Phi) is 4.08. The summed E-state index contributed by atoms with van der Waals surface area (Å²) in [4.78, 5) is 12.6. The van der Waals surface area contributed by atoms with Crippen LogP contribution in [0.25, 0.3) is 0 Å². The molecule has 0 radical (unpaired) electrons. The molecule has 0 rings (SSSR count). The van der Waals surface area contributed by atoms with Gasteiger partial charge in [0.1, 0.15) is 15.4 Å². The number of nitrogens with zero attached hydrogens (tertiary/aromatic N) is 1. The predicted octanol–water partition coefficient (Wildman–Crippen LogP) is -0.740. The van der Waals surface area contributed by atoms with Crippen LogP contribution >= 0.6 is 0 Å². The molecule has 1 amide bonds. The minimum absolute atomic E-state index is 0.0919. The second kappa shape index (κ2) is 4.27. The molecule has 0 unspecified atom stereocenters. The van der Waals surface area contributed by atoms with Gasteiger partial charge in [-0.3, -0.25) is 4.79 Å². The van der Waals surface area contributed by atoms with Crippen LogP contribution in [0.1, 0.15) is 13.8 Å². The van der Waals surface area contributed by atoms with Gasteiger partial charge in [0.15, 0.2) is 0 Å². The fourth-order valence-corrected chi connectivity index (χ4v) is 1.48. The van der Waals surface area contributed by atoms with Crippen molar-refractivity contribution in [1.82, 2.24) is 4.90 Å². The van der Waals surface area contributed by atoms with Gasteiger partial charge in [-0.15, -0.1) is 0 Å². The van der Waals surface area contributed by atoms with Gasteiger partial charge in [-0.2, -0.15) is 0 Å². The average Bonchev–Trinajstić information content (AvgIpc) is 1.95. The van der Waals surface area contributed by atoms with Crippen LogP contribution in [0.2, 0.25) is 0 Å². The summed E-state index contributed by atoms with van der Waals surface area (Å²) in [6.45, 7) is 2.83. The molecule has 0 fully saturated rings. The highest BCUT2D eigenvalue weighted by molar-refractivity contribution is 7.90. The highest BCUT2D eigenvalue weighted by atomic mass is 32.2. The van der Waals surface area contributed by atoms with Gasteiger partial charge in [0.2, 0.25) is 0 Å². The summed E-state index contributed by atoms with van der Waals surface area (Å²) in [6.07, 6.45) is 1.11. The van der Waals surface area contributed by atoms with Crippen molar-refractivity contribution in [2.45, 2.75) is 19.4 Å². The number of hydrogen-bond donors (Lipinski definition) is 1. The molecule has 1 N–H and O–H groups in total. The van der Waals surface area contributed by atoms with Crippen molar-refractivity contribution in [1.29, 1.82) is 0 Å². The molecule has 5 nitrogen and oxygen atoms in total. The first-order chi connectivity index (χ1) is 6.04. The van der Waals surface area contributed by atoms with Crippen molar-refractivity contribution in [3.05, 3.63) is 0 Å². The fourth-order valence-electron chi connectivity index (χ4n) is 0.871. The molecule has 0 aliphatic heterocycles. The van der Waals surface area contributed by atoms with Crippen molar-refractivity contribution < 1.29 is 18.3 Å². The minimum atomic E-state index is -3.07. The lowest BCUT2D eigenvalue weighted by Crippen LogP contribution is -2.44. The predicted molar refractivity (Wildman–Crippen MR) is 53.6 cm³/mol. The number of amides is 1. The van der Waals surface area contributed by atoms with Gasteiger partial charge in [0, 0.05) is 19.8 Å². The zero-order chi connectivity index (χ0) is 11.6. The first-order valence-corrected chi connectivity index (χ1v) is 6.26. The summed E-state index contributed by atoms with van der Waals surface area (Å²) in [5.41, 5.74) is -1.45. The Morgan fingerprint density at radius 1 is 1.43 bits per heavy atom. The van der Waals surface area contributed by atoms with Crippen LogP contribution in [0.3, 0.4) is 0 Å². The molecule has 14 heavy (non-hydrogen) atoms. The van der Waals surface area contributed by atoms with E-state index in [1.54, 1.807) is 0 Å². The molecule has 84 valence electrons. The third kappa shape index (κ3) is 5.18. The molecule has 0 aromatic heterocycles. The zero-order valence-electron chi connectivity index (χ0n) is 8.94. The highest BCUT2D eigenvalue weighted by Crippen LogP contribution is 2.05. The molecule has 0 saturated carbocycles. The number of hydrogen-bond acceptors (Lipinski definition) is 4. The van der Waals surface area contributed by atoms with Crippen molar-refractivity contribution >= 4 is 15.7 Å². The molecular weight excluding hydrogens is 206 g/mol. The molecule has 0 aromatic rings. The lowest BCUT2D eigenvalue weighted by Gasteiger charge is -2.24. The second-order valence-electron chi connectivity index (χ2n) is 3.92. The Labute approximate surface area is 84.6 Å². The van der Waals surface area contributed by atoms with E-state index in [-0.39, 0.29) is 12.3 Å². The second-order valence-corrected chi connectivity index (χ2v) is 6.18. The number of sulfone groups is 1. The number of likely N-dealkylation sites (N-methyl/N-ethyl adjacent to an activating group) is 1. The van der Waals surface area contributed by atoms with E-state index in [1.807, 2.05) is 0 Å². The summed E-state index contributed by atoms with van der Waals surface area (Å²) in [7, 11) is -1.61. The lowest BCUT2D eigenvalue weighted by molar-refractivity contribution is -0.146. The molecular formula is C8H17NO4S. The lowest BCUT2D eigenvalue weighted by atomic mass is 10.1. The summed E-state index contributed by atoms with van der Waals surface area (Å²) in [5.74, 6) is -0.577. The van der Waals surface area contributed by atoms with Crippen LogP contribution in [0.4, 0.5) is 0 Å². The van der Waals surface area contributed by atoms with E-state index in [1.165, 1.54) is 25.8 Å². The van der Waals surface area contributed by atoms with Crippen LogP contribution in [0, 0.1) is 0 Å². The van der Waals surface area contributed by atoms with Gasteiger partial charge in [-0.25, -0.2) is 8.42 Å². The van der Waals surface area contributed by atoms with Crippen LogP contribution in [-0.4, -0.2) is 55.5 Å². The third-order valence-corrected chi connectivity index (χ3v) is 2.59. The third-order valence-electron chi connectivity index (χ3n) is 1.67. The van der Waals surface area contributed by atoms with Gasteiger partial charge in [-0.05, 0) is 13.8 Å². The van der Waals surface area contributed by atoms with Crippen molar-refractivity contribution in [2.75, 3.05) is 25.6 Å². The first-order valence-electron chi connectivity index (χ1n) is 4.20. The van der Waals surface area contributed by atoms with Crippen molar-refractivity contribution in [3.8, 4) is 0 Å². The van der Waals surface area contributed by atoms with Gasteiger partial charge >= 0.3 is 0 Å². The van der Waals surface area contributed by atoms with Crippen molar-refractivity contribution in [3.63, 3.8) is 0 Å². The number of carbonyl (C=O) groups is 1. The quantitative estimate of drug-likeness (QED) is 0.681. The molecule has 0 spiro atoms. The Morgan fingerprint density at radius 2 is 1.86 bits per heavy atom. The SMILES string of the molecule is CN(CCS(C)(=O)=O)C(=O)C(C)(C)O. The highest BCUT2D eigenvalue weighted by Gasteiger charge is 2.27. The average molecular weight is 223 g/mol. The number of rotatable bonds is 4. The number of aliphatic hydroxyl groups is 1. The maximum absolute atomic E-state index is 11.4. The summed E-state index contributed by atoms with van der Waals surface area (Å²) in [5, 5.41) is 9.35. The molecule has 0 heterocycles. The molecule has 6 heteroatoms. The number of carbonyl (C=O) groups excluding carboxylic acids is 1. The normalized spacial score (nSPS) is 12.6. The summed E-state index contributed by atoms with van der Waals surface area (Å²) in [6, 6.07) is 0. The maximum Gasteiger partial charge on any atom is 0.253 e. The van der Waals surface area contributed by atoms with E-state index in [4.69, 9.17) is 0 Å². The topological polar surface area (TPSA) is 74.7 Å². The Bertz CT molecular complexity index is 302. The Hall–Kier alpha value is -0.620. The van der Waals surface area contributed by atoms with E-state index in [9.17, 15) is 18.3 Å². The maximum atomic E-state index is 11.4. The summed E-state index contributed by atoms with van der Waals surface area (Å²) >= 11 is 0. The van der Waals surface area contributed by atoms with E-state index >= 15 is 0 Å². The molecule has 0 aliphatic rings. The van der Waals surface area contributed by atoms with E-state index in [2.05, 4.69) is 0 Å². The molecule has 0 atom stereocenters. The summed E-state index contributed by atoms with van der Waals surface area (Å²) < 4.78 is 21.6. The molecule has 0 aromatic carbocycles. The van der Waals surface area contributed by atoms with Gasteiger partial charge in [0.25, 0.3) is 5.91 Å². The van der Waals surface area contributed by atoms with E-state index in [0.717, 1.165) is 6.26 Å². The first kappa shape index (κ1) is 13.4. The van der Waals surface area contributed by atoms with Gasteiger partial charge in [-0.1, -0.05) is 0 Å². The molecule has 0 bridgehead atoms. The fraction of sp³-hybridized carbons (Fsp3) is 0.875. The minimum Gasteiger partial charge on any atom is -0.381 e. The van der Waals surface area contributed by atoms with Gasteiger partial charge in [0.05, 0.1) is 5.75 Å². The van der Waals surface area contributed by atoms with Crippen LogP contribution in [0.15, 0.2) is 0 Å². The Morgan fingerprint density at radius 3 is 2.14 bits per heavy atom. The van der Waals surface area contributed by atoms with E-state index in [0.29, 0.717) is 0 Å². The van der Waals surface area contributed by atoms with Crippen LogP contribution in [0.5, 0.6) is 0 Å². The van der Waals surface area contributed by atoms with Crippen LogP contribution in [-0.2, 0) is 14.6 Å². The van der Waals surface area contributed by atoms with Crippen LogP contribution < -0.4 is 0 Å². The smallest absolute Gasteiger partial charge is 0.253 e. The van der Waals surface area contributed by atoms with Crippen molar-refractivity contribution in [2.24, 2.45) is 0 Å². The monoisotopic (exact) mass is 223 g/mol. The standard InChI is InChI=1S/C8H17NO4S/c1-8(2,11)7(10)9(3)5-6-14(4,12)13/h11H,5-6H2,1-4H3. The molecule has 0 aliphatic carbocycles. The van der Waals surface area contributed by atoms with Gasteiger partial charge < -0.3 is 10.0 Å². The zero-order valence-corrected chi connectivity index (χ0v) is 9.76. The molecule has 0 saturated heterocycles.